The van der Waals surface area contributed by atoms with Crippen molar-refractivity contribution in [2.75, 3.05) is 19.0 Å². The lowest BCUT2D eigenvalue weighted by molar-refractivity contribution is -0.118. The van der Waals surface area contributed by atoms with Gasteiger partial charge in [0.05, 0.1) is 12.8 Å². The monoisotopic (exact) mass is 367 g/mol. The molecule has 0 fully saturated rings. The number of nitrogens with one attached hydrogen (secondary N) is 2. The standard InChI is InChI=1S/C20H21N3O2S/c1-14(24)21-12-11-15-3-5-16(6-4-15)19-13-26-20(23-19)22-17-7-9-18(25-2)10-8-17/h3-10,13H,11-12H2,1-2H3,(H,21,24)(H,22,23). The first kappa shape index (κ1) is 17.9. The van der Waals surface area contributed by atoms with Crippen LogP contribution in [0.15, 0.2) is 53.9 Å². The number of rotatable bonds is 7. The molecule has 6 heteroatoms. The second-order valence-electron chi connectivity index (χ2n) is 5.82. The van der Waals surface area contributed by atoms with Crippen molar-refractivity contribution in [2.24, 2.45) is 0 Å². The average Bonchev–Trinajstić information content (AvgIpc) is 3.11. The molecule has 2 N–H and O–H groups in total. The van der Waals surface area contributed by atoms with Gasteiger partial charge in [-0.15, -0.1) is 11.3 Å². The normalized spacial score (nSPS) is 10.4. The first-order chi connectivity index (χ1) is 12.6. The predicted molar refractivity (Wildman–Crippen MR) is 106 cm³/mol. The Morgan fingerprint density at radius 2 is 1.85 bits per heavy atom. The van der Waals surface area contributed by atoms with E-state index in [1.807, 2.05) is 29.6 Å². The first-order valence-electron chi connectivity index (χ1n) is 8.34. The van der Waals surface area contributed by atoms with E-state index in [0.717, 1.165) is 34.2 Å². The topological polar surface area (TPSA) is 63.2 Å². The van der Waals surface area contributed by atoms with Crippen LogP contribution in [0.25, 0.3) is 11.3 Å². The summed E-state index contributed by atoms with van der Waals surface area (Å²) in [5, 5.41) is 9.00. The second-order valence-corrected chi connectivity index (χ2v) is 6.68. The molecule has 134 valence electrons. The number of hydrogen-bond donors (Lipinski definition) is 2. The number of aromatic nitrogens is 1. The van der Waals surface area contributed by atoms with E-state index in [2.05, 4.69) is 39.9 Å². The Morgan fingerprint density at radius 1 is 1.12 bits per heavy atom. The van der Waals surface area contributed by atoms with Crippen LogP contribution in [-0.2, 0) is 11.2 Å². The van der Waals surface area contributed by atoms with Crippen molar-refractivity contribution in [3.8, 4) is 17.0 Å². The van der Waals surface area contributed by atoms with Crippen LogP contribution in [0.3, 0.4) is 0 Å². The lowest BCUT2D eigenvalue weighted by atomic mass is 10.1. The minimum atomic E-state index is 0.000910. The molecule has 0 bridgehead atoms. The van der Waals surface area contributed by atoms with Crippen LogP contribution < -0.4 is 15.4 Å². The Labute approximate surface area is 157 Å². The van der Waals surface area contributed by atoms with Crippen LogP contribution in [0.2, 0.25) is 0 Å². The molecule has 5 nitrogen and oxygen atoms in total. The molecule has 0 aliphatic rings. The number of nitrogens with zero attached hydrogens (tertiary/aromatic N) is 1. The maximum absolute atomic E-state index is 10.9. The molecule has 1 amide bonds. The highest BCUT2D eigenvalue weighted by atomic mass is 32.1. The van der Waals surface area contributed by atoms with Gasteiger partial charge < -0.3 is 15.4 Å². The predicted octanol–water partition coefficient (Wildman–Crippen LogP) is 4.24. The van der Waals surface area contributed by atoms with Crippen LogP contribution in [0.5, 0.6) is 5.75 Å². The van der Waals surface area contributed by atoms with Crippen LogP contribution in [0.1, 0.15) is 12.5 Å². The van der Waals surface area contributed by atoms with E-state index in [0.29, 0.717) is 6.54 Å². The molecular weight excluding hydrogens is 346 g/mol. The molecule has 0 spiro atoms. The number of benzene rings is 2. The van der Waals surface area contributed by atoms with Gasteiger partial charge in [-0.05, 0) is 36.2 Å². The van der Waals surface area contributed by atoms with Crippen LogP contribution in [-0.4, -0.2) is 24.5 Å². The summed E-state index contributed by atoms with van der Waals surface area (Å²) in [6.45, 7) is 2.18. The third kappa shape index (κ3) is 4.83. The molecule has 3 rings (SSSR count). The third-order valence-electron chi connectivity index (χ3n) is 3.88. The van der Waals surface area contributed by atoms with E-state index in [9.17, 15) is 4.79 Å². The summed E-state index contributed by atoms with van der Waals surface area (Å²) in [6, 6.07) is 16.0. The zero-order valence-electron chi connectivity index (χ0n) is 14.8. The summed E-state index contributed by atoms with van der Waals surface area (Å²) in [5.41, 5.74) is 4.18. The number of anilines is 2. The first-order valence-corrected chi connectivity index (χ1v) is 9.22. The quantitative estimate of drug-likeness (QED) is 0.656. The van der Waals surface area contributed by atoms with Gasteiger partial charge in [-0.1, -0.05) is 24.3 Å². The fraction of sp³-hybridized carbons (Fsp3) is 0.200. The molecule has 0 aliphatic heterocycles. The van der Waals surface area contributed by atoms with Crippen molar-refractivity contribution in [1.82, 2.24) is 10.3 Å². The smallest absolute Gasteiger partial charge is 0.216 e. The van der Waals surface area contributed by atoms with Gasteiger partial charge in [0.2, 0.25) is 5.91 Å². The molecule has 0 saturated heterocycles. The van der Waals surface area contributed by atoms with Gasteiger partial charge in [0.25, 0.3) is 0 Å². The van der Waals surface area contributed by atoms with Crippen molar-refractivity contribution in [3.63, 3.8) is 0 Å². The van der Waals surface area contributed by atoms with Crippen molar-refractivity contribution in [3.05, 3.63) is 59.5 Å². The van der Waals surface area contributed by atoms with E-state index in [-0.39, 0.29) is 5.91 Å². The van der Waals surface area contributed by atoms with Gasteiger partial charge in [-0.2, -0.15) is 0 Å². The Kier molecular flexibility index (Phi) is 5.86. The highest BCUT2D eigenvalue weighted by Crippen LogP contribution is 2.28. The van der Waals surface area contributed by atoms with E-state index in [4.69, 9.17) is 4.74 Å². The SMILES string of the molecule is COc1ccc(Nc2nc(-c3ccc(CCNC(C)=O)cc3)cs2)cc1. The van der Waals surface area contributed by atoms with E-state index >= 15 is 0 Å². The Hall–Kier alpha value is -2.86. The Bertz CT molecular complexity index is 858. The second kappa shape index (κ2) is 8.49. The molecular formula is C20H21N3O2S. The van der Waals surface area contributed by atoms with Gasteiger partial charge in [-0.3, -0.25) is 4.79 Å². The zero-order chi connectivity index (χ0) is 18.4. The van der Waals surface area contributed by atoms with Gasteiger partial charge in [0.1, 0.15) is 5.75 Å². The maximum Gasteiger partial charge on any atom is 0.216 e. The fourth-order valence-electron chi connectivity index (χ4n) is 2.49. The number of carbonyl (C=O) groups excluding carboxylic acids is 1. The molecule has 0 atom stereocenters. The van der Waals surface area contributed by atoms with E-state index in [1.165, 1.54) is 12.5 Å². The summed E-state index contributed by atoms with van der Waals surface area (Å²) in [4.78, 5) is 15.6. The van der Waals surface area contributed by atoms with Crippen LogP contribution in [0.4, 0.5) is 10.8 Å². The highest BCUT2D eigenvalue weighted by molar-refractivity contribution is 7.14. The molecule has 1 aromatic heterocycles. The molecule has 3 aromatic rings. The average molecular weight is 367 g/mol. The largest absolute Gasteiger partial charge is 0.497 e. The Balaban J connectivity index is 1.62. The van der Waals surface area contributed by atoms with Gasteiger partial charge in [0, 0.05) is 30.1 Å². The third-order valence-corrected chi connectivity index (χ3v) is 4.64. The maximum atomic E-state index is 10.9. The fourth-order valence-corrected chi connectivity index (χ4v) is 3.23. The lowest BCUT2D eigenvalue weighted by Crippen LogP contribution is -2.22. The van der Waals surface area contributed by atoms with Gasteiger partial charge >= 0.3 is 0 Å². The summed E-state index contributed by atoms with van der Waals surface area (Å²) in [6.07, 6.45) is 0.821. The van der Waals surface area contributed by atoms with Crippen LogP contribution >= 0.6 is 11.3 Å². The summed E-state index contributed by atoms with van der Waals surface area (Å²) < 4.78 is 5.17. The lowest BCUT2D eigenvalue weighted by Gasteiger charge is -2.04. The summed E-state index contributed by atoms with van der Waals surface area (Å²) in [5.74, 6) is 0.829. The molecule has 1 heterocycles. The molecule has 0 unspecified atom stereocenters. The number of thiazole rings is 1. The molecule has 26 heavy (non-hydrogen) atoms. The van der Waals surface area contributed by atoms with E-state index in [1.54, 1.807) is 18.4 Å². The van der Waals surface area contributed by atoms with Crippen molar-refractivity contribution >= 4 is 28.1 Å². The molecule has 0 radical (unpaired) electrons. The highest BCUT2D eigenvalue weighted by Gasteiger charge is 2.05. The molecule has 0 saturated carbocycles. The minimum Gasteiger partial charge on any atom is -0.497 e. The van der Waals surface area contributed by atoms with Crippen molar-refractivity contribution in [2.45, 2.75) is 13.3 Å². The number of hydrogen-bond acceptors (Lipinski definition) is 5. The Morgan fingerprint density at radius 3 is 2.50 bits per heavy atom. The number of amides is 1. The number of methoxy groups -OCH3 is 1. The van der Waals surface area contributed by atoms with Gasteiger partial charge in [-0.25, -0.2) is 4.98 Å². The zero-order valence-corrected chi connectivity index (χ0v) is 15.6. The molecule has 2 aromatic carbocycles. The molecule has 0 aliphatic carbocycles. The van der Waals surface area contributed by atoms with Crippen molar-refractivity contribution < 1.29 is 9.53 Å². The number of ether oxygens (including phenoxy) is 1. The minimum absolute atomic E-state index is 0.000910. The summed E-state index contributed by atoms with van der Waals surface area (Å²) in [7, 11) is 1.65. The number of carbonyl (C=O) groups is 1. The van der Waals surface area contributed by atoms with Crippen molar-refractivity contribution in [1.29, 1.82) is 0 Å². The summed E-state index contributed by atoms with van der Waals surface area (Å²) >= 11 is 1.57. The van der Waals surface area contributed by atoms with Crippen LogP contribution in [0, 0.1) is 0 Å². The van der Waals surface area contributed by atoms with E-state index < -0.39 is 0 Å². The van der Waals surface area contributed by atoms with Gasteiger partial charge in [0.15, 0.2) is 5.13 Å².